The minimum absolute atomic E-state index is 0.603. The monoisotopic (exact) mass is 241 g/mol. The number of nitrogen functional groups attached to an aromatic ring is 1. The van der Waals surface area contributed by atoms with Crippen LogP contribution in [-0.4, -0.2) is 19.7 Å². The van der Waals surface area contributed by atoms with Crippen LogP contribution in [0.2, 0.25) is 0 Å². The van der Waals surface area contributed by atoms with Gasteiger partial charge in [0, 0.05) is 7.05 Å². The summed E-state index contributed by atoms with van der Waals surface area (Å²) in [4.78, 5) is 3.99. The minimum atomic E-state index is 0.603. The zero-order valence-electron chi connectivity index (χ0n) is 8.47. The van der Waals surface area contributed by atoms with Gasteiger partial charge in [0.1, 0.15) is 11.6 Å². The Labute approximate surface area is 95.7 Å². The summed E-state index contributed by atoms with van der Waals surface area (Å²) in [5, 5.41) is 8.68. The normalized spacial score (nSPS) is 10.8. The van der Waals surface area contributed by atoms with Crippen LogP contribution in [0.4, 0.5) is 5.13 Å². The first-order chi connectivity index (χ1) is 7.16. The van der Waals surface area contributed by atoms with Crippen LogP contribution in [0.1, 0.15) is 11.6 Å². The van der Waals surface area contributed by atoms with Gasteiger partial charge in [0.15, 0.2) is 5.13 Å². The molecule has 0 saturated carbocycles. The zero-order valence-corrected chi connectivity index (χ0v) is 10.1. The summed E-state index contributed by atoms with van der Waals surface area (Å²) in [6, 6.07) is 0. The van der Waals surface area contributed by atoms with E-state index in [1.807, 2.05) is 18.5 Å². The summed E-state index contributed by atoms with van der Waals surface area (Å²) in [5.41, 5.74) is 5.54. The summed E-state index contributed by atoms with van der Waals surface area (Å²) in [6.07, 6.45) is 1.79. The Balaban J connectivity index is 2.02. The second-order valence-corrected chi connectivity index (χ2v) is 5.37. The molecule has 5 nitrogen and oxygen atoms in total. The van der Waals surface area contributed by atoms with Gasteiger partial charge in [-0.1, -0.05) is 11.3 Å². The van der Waals surface area contributed by atoms with Crippen molar-refractivity contribution < 1.29 is 0 Å². The van der Waals surface area contributed by atoms with E-state index < -0.39 is 0 Å². The van der Waals surface area contributed by atoms with Crippen LogP contribution in [0.25, 0.3) is 0 Å². The van der Waals surface area contributed by atoms with Crippen molar-refractivity contribution in [3.05, 3.63) is 17.8 Å². The molecule has 0 spiro atoms. The number of aryl methyl sites for hydroxylation is 1. The highest BCUT2D eigenvalue weighted by molar-refractivity contribution is 8.00. The van der Waals surface area contributed by atoms with Crippen LogP contribution in [0.3, 0.4) is 0 Å². The first-order valence-electron chi connectivity index (χ1n) is 4.36. The van der Waals surface area contributed by atoms with Gasteiger partial charge in [0.25, 0.3) is 0 Å². The average Bonchev–Trinajstić information content (AvgIpc) is 2.74. The predicted octanol–water partition coefficient (Wildman–Crippen LogP) is 1.45. The molecule has 0 amide bonds. The highest BCUT2D eigenvalue weighted by Crippen LogP contribution is 2.28. The highest BCUT2D eigenvalue weighted by Gasteiger charge is 2.06. The minimum Gasteiger partial charge on any atom is -0.375 e. The van der Waals surface area contributed by atoms with E-state index in [1.165, 1.54) is 11.3 Å². The molecule has 0 fully saturated rings. The van der Waals surface area contributed by atoms with Gasteiger partial charge in [-0.25, -0.2) is 4.98 Å². The molecule has 0 atom stereocenters. The van der Waals surface area contributed by atoms with Crippen molar-refractivity contribution in [2.75, 3.05) is 5.73 Å². The van der Waals surface area contributed by atoms with Crippen molar-refractivity contribution in [3.8, 4) is 0 Å². The molecule has 2 aromatic heterocycles. The van der Waals surface area contributed by atoms with Gasteiger partial charge in [0.05, 0.1) is 16.2 Å². The molecule has 2 N–H and O–H groups in total. The molecule has 0 aliphatic rings. The fraction of sp³-hybridized carbons (Fsp3) is 0.375. The molecule has 0 saturated heterocycles. The Bertz CT molecular complexity index is 461. The molecule has 0 radical (unpaired) electrons. The number of thiazole rings is 1. The number of hydrogen-bond donors (Lipinski definition) is 1. The van der Waals surface area contributed by atoms with Gasteiger partial charge >= 0.3 is 0 Å². The van der Waals surface area contributed by atoms with E-state index in [2.05, 4.69) is 15.2 Å². The van der Waals surface area contributed by atoms with Gasteiger partial charge in [0.2, 0.25) is 0 Å². The highest BCUT2D eigenvalue weighted by atomic mass is 32.2. The third kappa shape index (κ3) is 2.29. The quantitative estimate of drug-likeness (QED) is 0.824. The van der Waals surface area contributed by atoms with Crippen LogP contribution < -0.4 is 5.73 Å². The van der Waals surface area contributed by atoms with Crippen molar-refractivity contribution in [1.29, 1.82) is 0 Å². The van der Waals surface area contributed by atoms with E-state index in [0.717, 1.165) is 21.6 Å². The summed E-state index contributed by atoms with van der Waals surface area (Å²) in [5.74, 6) is 2.68. The first kappa shape index (κ1) is 10.4. The maximum absolute atomic E-state index is 5.54. The lowest BCUT2D eigenvalue weighted by atomic mass is 10.6. The summed E-state index contributed by atoms with van der Waals surface area (Å²) >= 11 is 3.17. The van der Waals surface area contributed by atoms with Crippen LogP contribution in [-0.2, 0) is 12.8 Å². The number of anilines is 1. The molecule has 2 rings (SSSR count). The molecule has 0 aliphatic heterocycles. The van der Waals surface area contributed by atoms with Gasteiger partial charge in [-0.3, -0.25) is 0 Å². The molecule has 80 valence electrons. The Morgan fingerprint density at radius 3 is 2.87 bits per heavy atom. The van der Waals surface area contributed by atoms with Crippen LogP contribution >= 0.6 is 23.1 Å². The third-order valence-electron chi connectivity index (χ3n) is 2.03. The Morgan fingerprint density at radius 1 is 1.53 bits per heavy atom. The van der Waals surface area contributed by atoms with E-state index >= 15 is 0 Å². The lowest BCUT2D eigenvalue weighted by Crippen LogP contribution is -1.97. The SMILES string of the molecule is Cc1nnc(CSc2cnc(N)s2)n1C. The lowest BCUT2D eigenvalue weighted by Gasteiger charge is -1.99. The zero-order chi connectivity index (χ0) is 10.8. The Kier molecular flexibility index (Phi) is 2.92. The Hall–Kier alpha value is -1.08. The summed E-state index contributed by atoms with van der Waals surface area (Å²) in [7, 11) is 1.96. The van der Waals surface area contributed by atoms with E-state index in [1.54, 1.807) is 18.0 Å². The first-order valence-corrected chi connectivity index (χ1v) is 6.16. The van der Waals surface area contributed by atoms with Crippen molar-refractivity contribution in [1.82, 2.24) is 19.7 Å². The molecular weight excluding hydrogens is 230 g/mol. The smallest absolute Gasteiger partial charge is 0.181 e. The number of nitrogens with zero attached hydrogens (tertiary/aromatic N) is 4. The summed E-state index contributed by atoms with van der Waals surface area (Å²) in [6.45, 7) is 1.94. The Morgan fingerprint density at radius 2 is 2.33 bits per heavy atom. The van der Waals surface area contributed by atoms with E-state index in [4.69, 9.17) is 5.73 Å². The third-order valence-corrected chi connectivity index (χ3v) is 4.05. The van der Waals surface area contributed by atoms with Gasteiger partial charge in [-0.2, -0.15) is 0 Å². The van der Waals surface area contributed by atoms with Crippen LogP contribution in [0.15, 0.2) is 10.4 Å². The molecule has 0 aromatic carbocycles. The standard InChI is InChI=1S/C8H11N5S2/c1-5-11-12-6(13(5)2)4-14-7-3-10-8(9)15-7/h3H,4H2,1-2H3,(H2,9,10). The van der Waals surface area contributed by atoms with Crippen molar-refractivity contribution in [3.63, 3.8) is 0 Å². The van der Waals surface area contributed by atoms with Gasteiger partial charge in [-0.05, 0) is 6.92 Å². The maximum Gasteiger partial charge on any atom is 0.181 e. The molecule has 2 heterocycles. The van der Waals surface area contributed by atoms with E-state index in [-0.39, 0.29) is 0 Å². The second-order valence-electron chi connectivity index (χ2n) is 3.03. The molecule has 2 aromatic rings. The lowest BCUT2D eigenvalue weighted by molar-refractivity contribution is 0.817. The molecule has 0 bridgehead atoms. The number of rotatable bonds is 3. The molecule has 0 aliphatic carbocycles. The number of hydrogen-bond acceptors (Lipinski definition) is 6. The second kappa shape index (κ2) is 4.19. The predicted molar refractivity (Wildman–Crippen MR) is 61.8 cm³/mol. The maximum atomic E-state index is 5.54. The number of nitrogens with two attached hydrogens (primary N) is 1. The van der Waals surface area contributed by atoms with Gasteiger partial charge < -0.3 is 10.3 Å². The summed E-state index contributed by atoms with van der Waals surface area (Å²) < 4.78 is 3.09. The van der Waals surface area contributed by atoms with Crippen LogP contribution in [0.5, 0.6) is 0 Å². The van der Waals surface area contributed by atoms with Crippen molar-refractivity contribution in [2.24, 2.45) is 7.05 Å². The van der Waals surface area contributed by atoms with Crippen molar-refractivity contribution in [2.45, 2.75) is 16.9 Å². The average molecular weight is 241 g/mol. The topological polar surface area (TPSA) is 69.6 Å². The number of aromatic nitrogens is 4. The van der Waals surface area contributed by atoms with E-state index in [0.29, 0.717) is 5.13 Å². The fourth-order valence-corrected chi connectivity index (χ4v) is 2.79. The molecule has 7 heteroatoms. The van der Waals surface area contributed by atoms with Crippen LogP contribution in [0, 0.1) is 6.92 Å². The number of thioether (sulfide) groups is 1. The van der Waals surface area contributed by atoms with Gasteiger partial charge in [-0.15, -0.1) is 22.0 Å². The fourth-order valence-electron chi connectivity index (χ4n) is 1.05. The molecular formula is C8H11N5S2. The van der Waals surface area contributed by atoms with E-state index in [9.17, 15) is 0 Å². The molecule has 0 unspecified atom stereocenters. The molecule has 15 heavy (non-hydrogen) atoms. The van der Waals surface area contributed by atoms with Crippen molar-refractivity contribution >= 4 is 28.2 Å². The largest absolute Gasteiger partial charge is 0.375 e.